The van der Waals surface area contributed by atoms with Crippen LogP contribution in [0.25, 0.3) is 0 Å². The Morgan fingerprint density at radius 3 is 2.75 bits per heavy atom. The van der Waals surface area contributed by atoms with Gasteiger partial charge in [-0.1, -0.05) is 24.5 Å². The van der Waals surface area contributed by atoms with E-state index in [-0.39, 0.29) is 6.42 Å². The Hall–Kier alpha value is -1.43. The molecule has 1 heterocycles. The summed E-state index contributed by atoms with van der Waals surface area (Å²) in [6, 6.07) is 0. The molecule has 1 aliphatic rings. The van der Waals surface area contributed by atoms with E-state index in [2.05, 4.69) is 10.3 Å². The molecule has 2 rings (SSSR count). The number of hydrogen-bond donors (Lipinski definition) is 2. The van der Waals surface area contributed by atoms with Crippen LogP contribution in [0.5, 0.6) is 0 Å². The van der Waals surface area contributed by atoms with Gasteiger partial charge >= 0.3 is 5.97 Å². The number of nitrogens with zero attached hydrogens (tertiary/aromatic N) is 3. The molecular weight excluding hydrogens is 258 g/mol. The van der Waals surface area contributed by atoms with Gasteiger partial charge in [0.15, 0.2) is 0 Å². The number of rotatable bonds is 7. The van der Waals surface area contributed by atoms with Gasteiger partial charge in [-0.3, -0.25) is 4.79 Å². The number of aliphatic hydroxyl groups is 1. The van der Waals surface area contributed by atoms with Crippen molar-refractivity contribution in [2.24, 2.45) is 0 Å². The quantitative estimate of drug-likeness (QED) is 0.744. The predicted octanol–water partition coefficient (Wildman–Crippen LogP) is 1.77. The Bertz CT molecular complexity index is 439. The summed E-state index contributed by atoms with van der Waals surface area (Å²) in [4.78, 5) is 10.4. The molecule has 0 unspecified atom stereocenters. The Morgan fingerprint density at radius 1 is 1.30 bits per heavy atom. The summed E-state index contributed by atoms with van der Waals surface area (Å²) < 4.78 is 1.72. The number of carboxylic acids is 1. The second kappa shape index (κ2) is 6.83. The minimum atomic E-state index is -0.756. The van der Waals surface area contributed by atoms with Crippen LogP contribution < -0.4 is 0 Å². The molecule has 1 aromatic heterocycles. The van der Waals surface area contributed by atoms with Gasteiger partial charge < -0.3 is 10.2 Å². The Morgan fingerprint density at radius 2 is 2.05 bits per heavy atom. The third kappa shape index (κ3) is 4.59. The zero-order valence-electron chi connectivity index (χ0n) is 11.8. The van der Waals surface area contributed by atoms with Gasteiger partial charge in [0.1, 0.15) is 0 Å². The third-order valence-electron chi connectivity index (χ3n) is 3.90. The molecule has 112 valence electrons. The van der Waals surface area contributed by atoms with E-state index in [9.17, 15) is 9.90 Å². The van der Waals surface area contributed by atoms with Crippen LogP contribution in [-0.2, 0) is 17.8 Å². The van der Waals surface area contributed by atoms with Crippen molar-refractivity contribution in [1.29, 1.82) is 0 Å². The molecular formula is C14H23N3O3. The van der Waals surface area contributed by atoms with Crippen molar-refractivity contribution in [2.75, 3.05) is 0 Å². The maximum Gasteiger partial charge on any atom is 0.303 e. The van der Waals surface area contributed by atoms with E-state index in [1.807, 2.05) is 6.20 Å². The minimum absolute atomic E-state index is 0.202. The topological polar surface area (TPSA) is 88.2 Å². The van der Waals surface area contributed by atoms with E-state index in [1.54, 1.807) is 4.68 Å². The first kappa shape index (κ1) is 15.0. The molecule has 2 N–H and O–H groups in total. The second-order valence-electron chi connectivity index (χ2n) is 5.79. The van der Waals surface area contributed by atoms with E-state index < -0.39 is 11.6 Å². The van der Waals surface area contributed by atoms with E-state index >= 15 is 0 Å². The molecule has 0 spiro atoms. The van der Waals surface area contributed by atoms with Gasteiger partial charge in [0.05, 0.1) is 17.8 Å². The standard InChI is InChI=1S/C14H23N3O3/c18-13(19)7-3-2-6-12-10-17(16-15-12)11-14(20)8-4-1-5-9-14/h10,20H,1-9,11H2,(H,18,19). The van der Waals surface area contributed by atoms with Crippen molar-refractivity contribution < 1.29 is 15.0 Å². The van der Waals surface area contributed by atoms with Gasteiger partial charge in [0.25, 0.3) is 0 Å². The fraction of sp³-hybridized carbons (Fsp3) is 0.786. The Balaban J connectivity index is 1.78. The maximum atomic E-state index is 10.5. The minimum Gasteiger partial charge on any atom is -0.481 e. The fourth-order valence-corrected chi connectivity index (χ4v) is 2.78. The van der Waals surface area contributed by atoms with Crippen LogP contribution >= 0.6 is 0 Å². The van der Waals surface area contributed by atoms with Crippen LogP contribution in [0.15, 0.2) is 6.20 Å². The first-order chi connectivity index (χ1) is 9.57. The summed E-state index contributed by atoms with van der Waals surface area (Å²) in [5.74, 6) is -0.756. The molecule has 20 heavy (non-hydrogen) atoms. The molecule has 0 bridgehead atoms. The van der Waals surface area contributed by atoms with E-state index in [0.717, 1.165) is 44.2 Å². The first-order valence-electron chi connectivity index (χ1n) is 7.41. The summed E-state index contributed by atoms with van der Waals surface area (Å²) >= 11 is 0. The predicted molar refractivity (Wildman–Crippen MR) is 73.2 cm³/mol. The van der Waals surface area contributed by atoms with Crippen molar-refractivity contribution in [1.82, 2.24) is 15.0 Å². The number of aromatic nitrogens is 3. The summed E-state index contributed by atoms with van der Waals surface area (Å²) in [7, 11) is 0. The van der Waals surface area contributed by atoms with E-state index in [4.69, 9.17) is 5.11 Å². The van der Waals surface area contributed by atoms with Crippen LogP contribution in [0, 0.1) is 0 Å². The van der Waals surface area contributed by atoms with E-state index in [0.29, 0.717) is 13.0 Å². The highest BCUT2D eigenvalue weighted by molar-refractivity contribution is 5.66. The lowest BCUT2D eigenvalue weighted by atomic mass is 9.85. The van der Waals surface area contributed by atoms with Crippen molar-refractivity contribution >= 4 is 5.97 Å². The van der Waals surface area contributed by atoms with Gasteiger partial charge in [-0.05, 0) is 32.1 Å². The monoisotopic (exact) mass is 281 g/mol. The molecule has 1 fully saturated rings. The first-order valence-corrected chi connectivity index (χ1v) is 7.41. The van der Waals surface area contributed by atoms with Gasteiger partial charge in [-0.2, -0.15) is 0 Å². The summed E-state index contributed by atoms with van der Waals surface area (Å²) in [5.41, 5.74) is 0.238. The SMILES string of the molecule is O=C(O)CCCCc1cn(CC2(O)CCCCC2)nn1. The Kier molecular flexibility index (Phi) is 5.11. The van der Waals surface area contributed by atoms with Gasteiger partial charge in [0.2, 0.25) is 0 Å². The van der Waals surface area contributed by atoms with Crippen LogP contribution in [0.1, 0.15) is 57.1 Å². The molecule has 0 radical (unpaired) electrons. The van der Waals surface area contributed by atoms with Gasteiger partial charge in [0, 0.05) is 12.6 Å². The molecule has 0 aromatic carbocycles. The molecule has 0 amide bonds. The summed E-state index contributed by atoms with van der Waals surface area (Å²) in [6.45, 7) is 0.509. The third-order valence-corrected chi connectivity index (χ3v) is 3.90. The zero-order valence-corrected chi connectivity index (χ0v) is 11.8. The fourth-order valence-electron chi connectivity index (χ4n) is 2.78. The van der Waals surface area contributed by atoms with Crippen LogP contribution in [-0.4, -0.2) is 36.8 Å². The highest BCUT2D eigenvalue weighted by atomic mass is 16.4. The van der Waals surface area contributed by atoms with Crippen LogP contribution in [0.2, 0.25) is 0 Å². The van der Waals surface area contributed by atoms with Crippen molar-refractivity contribution in [2.45, 2.75) is 69.9 Å². The molecule has 0 atom stereocenters. The largest absolute Gasteiger partial charge is 0.481 e. The lowest BCUT2D eigenvalue weighted by Gasteiger charge is -2.31. The highest BCUT2D eigenvalue weighted by Gasteiger charge is 2.29. The molecule has 6 heteroatoms. The van der Waals surface area contributed by atoms with Crippen molar-refractivity contribution in [3.63, 3.8) is 0 Å². The summed E-state index contributed by atoms with van der Waals surface area (Å²) in [6.07, 6.45) is 9.30. The maximum absolute atomic E-state index is 10.5. The summed E-state index contributed by atoms with van der Waals surface area (Å²) in [5, 5.41) is 27.2. The normalized spacial score (nSPS) is 18.1. The van der Waals surface area contributed by atoms with E-state index in [1.165, 1.54) is 6.42 Å². The molecule has 1 aliphatic carbocycles. The number of aliphatic carboxylic acids is 1. The molecule has 0 saturated heterocycles. The molecule has 6 nitrogen and oxygen atoms in total. The van der Waals surface area contributed by atoms with Crippen molar-refractivity contribution in [3.05, 3.63) is 11.9 Å². The number of aryl methyl sites for hydroxylation is 1. The second-order valence-corrected chi connectivity index (χ2v) is 5.79. The average Bonchev–Trinajstić information content (AvgIpc) is 2.82. The molecule has 1 saturated carbocycles. The number of carbonyl (C=O) groups is 1. The average molecular weight is 281 g/mol. The highest BCUT2D eigenvalue weighted by Crippen LogP contribution is 2.29. The van der Waals surface area contributed by atoms with Crippen molar-refractivity contribution in [3.8, 4) is 0 Å². The zero-order chi connectivity index (χ0) is 14.4. The Labute approximate surface area is 118 Å². The molecule has 0 aliphatic heterocycles. The van der Waals surface area contributed by atoms with Gasteiger partial charge in [-0.25, -0.2) is 4.68 Å². The smallest absolute Gasteiger partial charge is 0.303 e. The number of hydrogen-bond acceptors (Lipinski definition) is 4. The van der Waals surface area contributed by atoms with Crippen LogP contribution in [0.3, 0.4) is 0 Å². The van der Waals surface area contributed by atoms with Gasteiger partial charge in [-0.15, -0.1) is 5.10 Å². The lowest BCUT2D eigenvalue weighted by Crippen LogP contribution is -2.36. The lowest BCUT2D eigenvalue weighted by molar-refractivity contribution is -0.137. The number of unbranched alkanes of at least 4 members (excludes halogenated alkanes) is 1. The molecule has 1 aromatic rings. The number of carboxylic acid groups (broad SMARTS) is 1. The van der Waals surface area contributed by atoms with Crippen LogP contribution in [0.4, 0.5) is 0 Å².